The molecule has 1 aromatic carbocycles. The molecule has 0 bridgehead atoms. The van der Waals surface area contributed by atoms with Gasteiger partial charge in [0.15, 0.2) is 0 Å². The number of aryl methyl sites for hydroxylation is 1. The number of carbonyl (C=O) groups excluding carboxylic acids is 2. The molecule has 0 spiro atoms. The Bertz CT molecular complexity index is 522. The molecule has 1 fully saturated rings. The van der Waals surface area contributed by atoms with Gasteiger partial charge < -0.3 is 10.2 Å². The maximum atomic E-state index is 12.3. The van der Waals surface area contributed by atoms with Crippen molar-refractivity contribution in [3.05, 3.63) is 29.8 Å². The molecule has 0 radical (unpaired) electrons. The fraction of sp³-hybridized carbons (Fsp3) is 0.556. The highest BCUT2D eigenvalue weighted by Gasteiger charge is 2.21. The molecule has 1 saturated carbocycles. The van der Waals surface area contributed by atoms with Gasteiger partial charge in [-0.3, -0.25) is 9.59 Å². The second-order valence-corrected chi connectivity index (χ2v) is 5.99. The van der Waals surface area contributed by atoms with Crippen molar-refractivity contribution in [3.8, 4) is 0 Å². The summed E-state index contributed by atoms with van der Waals surface area (Å²) in [6.07, 6.45) is 6.56. The van der Waals surface area contributed by atoms with Crippen LogP contribution < -0.4 is 10.2 Å². The third-order valence-corrected chi connectivity index (χ3v) is 4.32. The van der Waals surface area contributed by atoms with Crippen molar-refractivity contribution in [2.45, 2.75) is 58.4 Å². The number of hydrogen-bond donors (Lipinski definition) is 1. The van der Waals surface area contributed by atoms with Crippen LogP contribution in [0, 0.1) is 0 Å². The van der Waals surface area contributed by atoms with E-state index in [2.05, 4.69) is 12.2 Å². The molecule has 0 aliphatic heterocycles. The van der Waals surface area contributed by atoms with Gasteiger partial charge in [-0.25, -0.2) is 0 Å². The number of anilines is 1. The predicted molar refractivity (Wildman–Crippen MR) is 88.9 cm³/mol. The van der Waals surface area contributed by atoms with E-state index in [9.17, 15) is 9.59 Å². The summed E-state index contributed by atoms with van der Waals surface area (Å²) in [7, 11) is 0. The second kappa shape index (κ2) is 7.97. The molecule has 2 amide bonds. The lowest BCUT2D eigenvalue weighted by atomic mass is 9.95. The van der Waals surface area contributed by atoms with Gasteiger partial charge in [0.25, 0.3) is 0 Å². The van der Waals surface area contributed by atoms with Gasteiger partial charge in [-0.15, -0.1) is 0 Å². The van der Waals surface area contributed by atoms with E-state index in [0.717, 1.165) is 30.5 Å². The number of benzene rings is 1. The first-order valence-corrected chi connectivity index (χ1v) is 8.27. The number of nitrogens with zero attached hydrogens (tertiary/aromatic N) is 1. The van der Waals surface area contributed by atoms with E-state index in [4.69, 9.17) is 0 Å². The standard InChI is InChI=1S/C18H26N2O2/c1-3-15-9-7-8-12-17(15)20(14(2)21)13-18(22)19-16-10-5-4-6-11-16/h7-9,12,16H,3-6,10-11,13H2,1-2H3,(H,19,22). The molecule has 1 aromatic rings. The van der Waals surface area contributed by atoms with E-state index < -0.39 is 0 Å². The van der Waals surface area contributed by atoms with Crippen LogP contribution in [0.5, 0.6) is 0 Å². The van der Waals surface area contributed by atoms with Gasteiger partial charge in [0.2, 0.25) is 11.8 Å². The highest BCUT2D eigenvalue weighted by molar-refractivity contribution is 5.98. The summed E-state index contributed by atoms with van der Waals surface area (Å²) in [5.41, 5.74) is 1.93. The Morgan fingerprint density at radius 2 is 1.86 bits per heavy atom. The Labute approximate surface area is 132 Å². The molecule has 120 valence electrons. The molecule has 0 aromatic heterocycles. The molecule has 1 aliphatic carbocycles. The van der Waals surface area contributed by atoms with Crippen LogP contribution in [0.1, 0.15) is 51.5 Å². The maximum Gasteiger partial charge on any atom is 0.240 e. The monoisotopic (exact) mass is 302 g/mol. The van der Waals surface area contributed by atoms with Crippen LogP contribution in [0.25, 0.3) is 0 Å². The van der Waals surface area contributed by atoms with Gasteiger partial charge in [0.1, 0.15) is 6.54 Å². The SMILES string of the molecule is CCc1ccccc1N(CC(=O)NC1CCCCC1)C(C)=O. The third-order valence-electron chi connectivity index (χ3n) is 4.32. The van der Waals surface area contributed by atoms with Crippen molar-refractivity contribution in [2.24, 2.45) is 0 Å². The van der Waals surface area contributed by atoms with Crippen molar-refractivity contribution in [3.63, 3.8) is 0 Å². The molecule has 4 heteroatoms. The molecule has 1 N–H and O–H groups in total. The van der Waals surface area contributed by atoms with Crippen LogP contribution in [0.3, 0.4) is 0 Å². The van der Waals surface area contributed by atoms with Gasteiger partial charge >= 0.3 is 0 Å². The molecule has 0 atom stereocenters. The van der Waals surface area contributed by atoms with E-state index in [1.54, 1.807) is 4.90 Å². The summed E-state index contributed by atoms with van der Waals surface area (Å²) < 4.78 is 0. The zero-order valence-electron chi connectivity index (χ0n) is 13.6. The molecular formula is C18H26N2O2. The number of rotatable bonds is 5. The second-order valence-electron chi connectivity index (χ2n) is 5.99. The van der Waals surface area contributed by atoms with Crippen LogP contribution >= 0.6 is 0 Å². The largest absolute Gasteiger partial charge is 0.352 e. The van der Waals surface area contributed by atoms with E-state index in [-0.39, 0.29) is 24.4 Å². The van der Waals surface area contributed by atoms with Crippen LogP contribution in [0.2, 0.25) is 0 Å². The summed E-state index contributed by atoms with van der Waals surface area (Å²) in [6, 6.07) is 8.06. The highest BCUT2D eigenvalue weighted by Crippen LogP contribution is 2.21. The summed E-state index contributed by atoms with van der Waals surface area (Å²) in [5, 5.41) is 3.08. The van der Waals surface area contributed by atoms with E-state index in [1.807, 2.05) is 24.3 Å². The van der Waals surface area contributed by atoms with Gasteiger partial charge in [0.05, 0.1) is 0 Å². The summed E-state index contributed by atoms with van der Waals surface area (Å²) in [4.78, 5) is 25.9. The molecule has 1 aliphatic rings. The average molecular weight is 302 g/mol. The minimum Gasteiger partial charge on any atom is -0.352 e. The van der Waals surface area contributed by atoms with Crippen molar-refractivity contribution >= 4 is 17.5 Å². The van der Waals surface area contributed by atoms with E-state index in [1.165, 1.54) is 26.2 Å². The molecule has 22 heavy (non-hydrogen) atoms. The molecule has 0 heterocycles. The highest BCUT2D eigenvalue weighted by atomic mass is 16.2. The molecule has 2 rings (SSSR count). The van der Waals surface area contributed by atoms with Crippen molar-refractivity contribution < 1.29 is 9.59 Å². The van der Waals surface area contributed by atoms with Crippen LogP contribution in [0.15, 0.2) is 24.3 Å². The Morgan fingerprint density at radius 3 is 2.50 bits per heavy atom. The van der Waals surface area contributed by atoms with Crippen molar-refractivity contribution in [2.75, 3.05) is 11.4 Å². The topological polar surface area (TPSA) is 49.4 Å². The zero-order chi connectivity index (χ0) is 15.9. The number of hydrogen-bond acceptors (Lipinski definition) is 2. The van der Waals surface area contributed by atoms with Crippen LogP contribution in [-0.4, -0.2) is 24.4 Å². The number of amides is 2. The minimum atomic E-state index is -0.0975. The first-order valence-electron chi connectivity index (χ1n) is 8.27. The minimum absolute atomic E-state index is 0.0620. The summed E-state index contributed by atoms with van der Waals surface area (Å²) >= 11 is 0. The lowest BCUT2D eigenvalue weighted by Gasteiger charge is -2.26. The fourth-order valence-electron chi connectivity index (χ4n) is 3.10. The van der Waals surface area contributed by atoms with Gasteiger partial charge in [0, 0.05) is 18.7 Å². The smallest absolute Gasteiger partial charge is 0.240 e. The quantitative estimate of drug-likeness (QED) is 0.909. The lowest BCUT2D eigenvalue weighted by molar-refractivity contribution is -0.123. The Balaban J connectivity index is 2.05. The Morgan fingerprint density at radius 1 is 1.18 bits per heavy atom. The Hall–Kier alpha value is -1.84. The van der Waals surface area contributed by atoms with Crippen molar-refractivity contribution in [1.29, 1.82) is 0 Å². The maximum absolute atomic E-state index is 12.3. The first-order chi connectivity index (χ1) is 10.6. The zero-order valence-corrected chi connectivity index (χ0v) is 13.6. The van der Waals surface area contributed by atoms with Gasteiger partial charge in [-0.1, -0.05) is 44.4 Å². The Kier molecular flexibility index (Phi) is 5.99. The predicted octanol–water partition coefficient (Wildman–Crippen LogP) is 3.05. The average Bonchev–Trinajstić information content (AvgIpc) is 2.53. The first kappa shape index (κ1) is 16.5. The summed E-state index contributed by atoms with van der Waals surface area (Å²) in [5.74, 6) is -0.160. The number of para-hydroxylation sites is 1. The van der Waals surface area contributed by atoms with Gasteiger partial charge in [-0.05, 0) is 30.9 Å². The normalized spacial score (nSPS) is 15.4. The van der Waals surface area contributed by atoms with Gasteiger partial charge in [-0.2, -0.15) is 0 Å². The van der Waals surface area contributed by atoms with E-state index in [0.29, 0.717) is 0 Å². The summed E-state index contributed by atoms with van der Waals surface area (Å²) in [6.45, 7) is 3.67. The fourth-order valence-corrected chi connectivity index (χ4v) is 3.10. The molecule has 4 nitrogen and oxygen atoms in total. The lowest BCUT2D eigenvalue weighted by Crippen LogP contribution is -2.44. The molecule has 0 saturated heterocycles. The third kappa shape index (κ3) is 4.33. The van der Waals surface area contributed by atoms with Crippen LogP contribution in [0.4, 0.5) is 5.69 Å². The van der Waals surface area contributed by atoms with Crippen molar-refractivity contribution in [1.82, 2.24) is 5.32 Å². The van der Waals surface area contributed by atoms with E-state index >= 15 is 0 Å². The number of carbonyl (C=O) groups is 2. The molecule has 0 unspecified atom stereocenters. The molecular weight excluding hydrogens is 276 g/mol. The number of nitrogens with one attached hydrogen (secondary N) is 1. The van der Waals surface area contributed by atoms with Crippen LogP contribution in [-0.2, 0) is 16.0 Å².